The van der Waals surface area contributed by atoms with Crippen molar-refractivity contribution in [3.8, 4) is 5.75 Å². The Bertz CT molecular complexity index is 449. The molecule has 0 amide bonds. The number of fused-ring (bicyclic) bond motifs is 1. The van der Waals surface area contributed by atoms with Crippen molar-refractivity contribution >= 4 is 21.9 Å². The van der Waals surface area contributed by atoms with Crippen molar-refractivity contribution in [2.24, 2.45) is 5.73 Å². The third-order valence-electron chi connectivity index (χ3n) is 2.69. The maximum Gasteiger partial charge on any atom is 0.312 e. The highest BCUT2D eigenvalue weighted by Crippen LogP contribution is 2.36. The molecule has 1 atom stereocenters. The number of halogens is 1. The lowest BCUT2D eigenvalue weighted by molar-refractivity contribution is -0.138. The molecule has 0 fully saturated rings. The van der Waals surface area contributed by atoms with E-state index in [1.54, 1.807) is 12.1 Å². The van der Waals surface area contributed by atoms with Gasteiger partial charge in [-0.15, -0.1) is 0 Å². The first-order valence-electron chi connectivity index (χ1n) is 5.09. The van der Waals surface area contributed by atoms with Gasteiger partial charge in [-0.05, 0) is 17.7 Å². The van der Waals surface area contributed by atoms with Crippen LogP contribution in [0, 0.1) is 0 Å². The van der Waals surface area contributed by atoms with E-state index in [1.807, 2.05) is 0 Å². The average Bonchev–Trinajstić information content (AvgIpc) is 2.32. The highest BCUT2D eigenvalue weighted by Gasteiger charge is 2.27. The van der Waals surface area contributed by atoms with E-state index in [-0.39, 0.29) is 13.3 Å². The number of carboxylic acids is 1. The standard InChI is InChI=1S/C11H12BrNO4/c12-8-1-2-9-7(4-16-5-17-9)10(8)6(3-13)11(14)15/h1-2,6H,3-5,13H2,(H,14,15). The molecule has 0 saturated carbocycles. The molecule has 92 valence electrons. The molecule has 0 radical (unpaired) electrons. The maximum atomic E-state index is 11.2. The van der Waals surface area contributed by atoms with Crippen LogP contribution in [0.5, 0.6) is 5.75 Å². The molecular formula is C11H12BrNO4. The zero-order chi connectivity index (χ0) is 12.4. The SMILES string of the molecule is NCC(C(=O)O)c1c(Br)ccc2c1COCO2. The summed E-state index contributed by atoms with van der Waals surface area (Å²) in [6.45, 7) is 0.562. The number of rotatable bonds is 3. The van der Waals surface area contributed by atoms with E-state index in [0.717, 1.165) is 5.56 Å². The van der Waals surface area contributed by atoms with Crippen LogP contribution >= 0.6 is 15.9 Å². The number of aliphatic carboxylic acids is 1. The predicted molar refractivity (Wildman–Crippen MR) is 63.9 cm³/mol. The molecule has 1 heterocycles. The third kappa shape index (κ3) is 2.29. The fraction of sp³-hybridized carbons (Fsp3) is 0.364. The van der Waals surface area contributed by atoms with E-state index in [4.69, 9.17) is 15.2 Å². The summed E-state index contributed by atoms with van der Waals surface area (Å²) >= 11 is 3.36. The molecule has 5 nitrogen and oxygen atoms in total. The van der Waals surface area contributed by atoms with Gasteiger partial charge in [-0.2, -0.15) is 0 Å². The fourth-order valence-electron chi connectivity index (χ4n) is 1.87. The van der Waals surface area contributed by atoms with Crippen LogP contribution in [0.4, 0.5) is 0 Å². The predicted octanol–water partition coefficient (Wildman–Crippen LogP) is 1.44. The lowest BCUT2D eigenvalue weighted by Gasteiger charge is -2.24. The van der Waals surface area contributed by atoms with Crippen LogP contribution < -0.4 is 10.5 Å². The van der Waals surface area contributed by atoms with Gasteiger partial charge < -0.3 is 20.3 Å². The number of benzene rings is 1. The van der Waals surface area contributed by atoms with Gasteiger partial charge in [-0.25, -0.2) is 0 Å². The molecule has 3 N–H and O–H groups in total. The summed E-state index contributed by atoms with van der Waals surface area (Å²) in [5.74, 6) is -1.05. The number of ether oxygens (including phenoxy) is 2. The van der Waals surface area contributed by atoms with Crippen LogP contribution in [0.15, 0.2) is 16.6 Å². The number of hydrogen-bond donors (Lipinski definition) is 2. The van der Waals surface area contributed by atoms with Crippen molar-refractivity contribution in [1.82, 2.24) is 0 Å². The number of carbonyl (C=O) groups is 1. The normalized spacial score (nSPS) is 15.9. The molecule has 1 aromatic carbocycles. The summed E-state index contributed by atoms with van der Waals surface area (Å²) in [6.07, 6.45) is 0. The Labute approximate surface area is 107 Å². The van der Waals surface area contributed by atoms with Gasteiger partial charge in [0.25, 0.3) is 0 Å². The Morgan fingerprint density at radius 3 is 3.00 bits per heavy atom. The second kappa shape index (κ2) is 5.03. The van der Waals surface area contributed by atoms with Crippen molar-refractivity contribution in [3.05, 3.63) is 27.7 Å². The van der Waals surface area contributed by atoms with E-state index in [2.05, 4.69) is 15.9 Å². The smallest absolute Gasteiger partial charge is 0.312 e. The van der Waals surface area contributed by atoms with Crippen molar-refractivity contribution in [2.45, 2.75) is 12.5 Å². The van der Waals surface area contributed by atoms with Crippen molar-refractivity contribution in [3.63, 3.8) is 0 Å². The van der Waals surface area contributed by atoms with Gasteiger partial charge >= 0.3 is 5.97 Å². The molecule has 6 heteroatoms. The van der Waals surface area contributed by atoms with Crippen molar-refractivity contribution < 1.29 is 19.4 Å². The largest absolute Gasteiger partial charge is 0.481 e. The Morgan fingerprint density at radius 2 is 2.35 bits per heavy atom. The molecule has 1 unspecified atom stereocenters. The average molecular weight is 302 g/mol. The van der Waals surface area contributed by atoms with E-state index in [9.17, 15) is 9.90 Å². The zero-order valence-corrected chi connectivity index (χ0v) is 10.6. The van der Waals surface area contributed by atoms with E-state index in [1.165, 1.54) is 0 Å². The molecule has 0 spiro atoms. The quantitative estimate of drug-likeness (QED) is 0.883. The summed E-state index contributed by atoms with van der Waals surface area (Å²) in [5.41, 5.74) is 6.91. The van der Waals surface area contributed by atoms with Crippen molar-refractivity contribution in [2.75, 3.05) is 13.3 Å². The topological polar surface area (TPSA) is 81.8 Å². The van der Waals surface area contributed by atoms with Gasteiger partial charge in [-0.1, -0.05) is 15.9 Å². The molecule has 1 aliphatic rings. The van der Waals surface area contributed by atoms with Gasteiger partial charge in [0.1, 0.15) is 5.75 Å². The van der Waals surface area contributed by atoms with E-state index >= 15 is 0 Å². The number of nitrogens with two attached hydrogens (primary N) is 1. The highest BCUT2D eigenvalue weighted by atomic mass is 79.9. The first kappa shape index (κ1) is 12.3. The van der Waals surface area contributed by atoms with Gasteiger partial charge in [0, 0.05) is 16.6 Å². The second-order valence-electron chi connectivity index (χ2n) is 3.67. The minimum Gasteiger partial charge on any atom is -0.481 e. The molecule has 0 aliphatic carbocycles. The van der Waals surface area contributed by atoms with Crippen LogP contribution in [0.3, 0.4) is 0 Å². The molecule has 1 aliphatic heterocycles. The molecular weight excluding hydrogens is 290 g/mol. The minimum absolute atomic E-state index is 0.0321. The third-order valence-corrected chi connectivity index (χ3v) is 3.38. The highest BCUT2D eigenvalue weighted by molar-refractivity contribution is 9.10. The summed E-state index contributed by atoms with van der Waals surface area (Å²) in [4.78, 5) is 11.2. The first-order valence-corrected chi connectivity index (χ1v) is 5.89. The van der Waals surface area contributed by atoms with Gasteiger partial charge in [0.05, 0.1) is 12.5 Å². The zero-order valence-electron chi connectivity index (χ0n) is 8.98. The Balaban J connectivity index is 2.54. The molecule has 17 heavy (non-hydrogen) atoms. The summed E-state index contributed by atoms with van der Waals surface area (Å²) in [7, 11) is 0. The van der Waals surface area contributed by atoms with E-state index < -0.39 is 11.9 Å². The maximum absolute atomic E-state index is 11.2. The fourth-order valence-corrected chi connectivity index (χ4v) is 2.52. The number of carboxylic acid groups (broad SMARTS) is 1. The summed E-state index contributed by atoms with van der Waals surface area (Å²) in [6, 6.07) is 3.56. The van der Waals surface area contributed by atoms with Crippen LogP contribution in [-0.4, -0.2) is 24.4 Å². The Morgan fingerprint density at radius 1 is 1.59 bits per heavy atom. The molecule has 0 aromatic heterocycles. The Kier molecular flexibility index (Phi) is 3.66. The van der Waals surface area contributed by atoms with E-state index in [0.29, 0.717) is 22.4 Å². The van der Waals surface area contributed by atoms with Crippen molar-refractivity contribution in [1.29, 1.82) is 0 Å². The Hall–Kier alpha value is -1.11. The number of hydrogen-bond acceptors (Lipinski definition) is 4. The molecule has 0 saturated heterocycles. The lowest BCUT2D eigenvalue weighted by Crippen LogP contribution is -2.24. The molecule has 2 rings (SSSR count). The van der Waals surface area contributed by atoms with Gasteiger partial charge in [-0.3, -0.25) is 4.79 Å². The monoisotopic (exact) mass is 301 g/mol. The lowest BCUT2D eigenvalue weighted by atomic mass is 9.93. The van der Waals surface area contributed by atoms with Crippen LogP contribution in [-0.2, 0) is 16.1 Å². The van der Waals surface area contributed by atoms with Gasteiger partial charge in [0.15, 0.2) is 6.79 Å². The summed E-state index contributed by atoms with van der Waals surface area (Å²) < 4.78 is 11.2. The molecule has 0 bridgehead atoms. The first-order chi connectivity index (χ1) is 8.15. The summed E-state index contributed by atoms with van der Waals surface area (Å²) in [5, 5.41) is 9.17. The van der Waals surface area contributed by atoms with Crippen LogP contribution in [0.2, 0.25) is 0 Å². The van der Waals surface area contributed by atoms with Gasteiger partial charge in [0.2, 0.25) is 0 Å². The van der Waals surface area contributed by atoms with Crippen LogP contribution in [0.25, 0.3) is 0 Å². The van der Waals surface area contributed by atoms with Crippen LogP contribution in [0.1, 0.15) is 17.0 Å². The second-order valence-corrected chi connectivity index (χ2v) is 4.53. The molecule has 1 aromatic rings. The minimum atomic E-state index is -0.952.